The number of nitrogens with one attached hydrogen (secondary N) is 1. The van der Waals surface area contributed by atoms with Crippen molar-refractivity contribution in [3.05, 3.63) is 65.4 Å². The summed E-state index contributed by atoms with van der Waals surface area (Å²) in [6.07, 6.45) is 2.71. The monoisotopic (exact) mass is 271 g/mol. The van der Waals surface area contributed by atoms with Gasteiger partial charge in [-0.3, -0.25) is 10.8 Å². The first kappa shape index (κ1) is 12.8. The van der Waals surface area contributed by atoms with Crippen molar-refractivity contribution in [2.45, 2.75) is 13.0 Å². The first-order valence-electron chi connectivity index (χ1n) is 6.24. The molecule has 2 heterocycles. The number of pyridine rings is 1. The summed E-state index contributed by atoms with van der Waals surface area (Å²) >= 11 is 0. The van der Waals surface area contributed by atoms with Gasteiger partial charge in [-0.05, 0) is 36.8 Å². The highest BCUT2D eigenvalue weighted by Gasteiger charge is 2.18. The number of rotatable bonds is 3. The highest BCUT2D eigenvalue weighted by atomic mass is 19.1. The molecule has 5 heteroatoms. The van der Waals surface area contributed by atoms with Crippen LogP contribution in [0.15, 0.2) is 47.1 Å². The Morgan fingerprint density at radius 1 is 1.25 bits per heavy atom. The number of hydrogen-bond acceptors (Lipinski definition) is 4. The molecule has 0 radical (unpaired) electrons. The topological polar surface area (TPSA) is 64.1 Å². The van der Waals surface area contributed by atoms with Crippen LogP contribution in [0.25, 0.3) is 11.0 Å². The fourth-order valence-corrected chi connectivity index (χ4v) is 2.25. The number of nitrogens with zero attached hydrogens (tertiary/aromatic N) is 1. The second-order valence-electron chi connectivity index (χ2n) is 4.73. The summed E-state index contributed by atoms with van der Waals surface area (Å²) < 4.78 is 19.1. The summed E-state index contributed by atoms with van der Waals surface area (Å²) in [6, 6.07) is 8.76. The van der Waals surface area contributed by atoms with Gasteiger partial charge in [-0.15, -0.1) is 0 Å². The number of fused-ring (bicyclic) bond motifs is 1. The van der Waals surface area contributed by atoms with Gasteiger partial charge in [-0.2, -0.15) is 0 Å². The van der Waals surface area contributed by atoms with E-state index in [1.54, 1.807) is 6.20 Å². The highest BCUT2D eigenvalue weighted by molar-refractivity contribution is 5.78. The molecule has 3 N–H and O–H groups in total. The van der Waals surface area contributed by atoms with Crippen molar-refractivity contribution in [3.63, 3.8) is 0 Å². The summed E-state index contributed by atoms with van der Waals surface area (Å²) in [5, 5.41) is 0.990. The number of halogens is 1. The van der Waals surface area contributed by atoms with E-state index < -0.39 is 11.9 Å². The SMILES string of the molecule is Cc1ccc2oc(C(NN)c3cncc(F)c3)cc2c1. The van der Waals surface area contributed by atoms with Gasteiger partial charge in [0, 0.05) is 11.6 Å². The third-order valence-corrected chi connectivity index (χ3v) is 3.20. The van der Waals surface area contributed by atoms with Crippen LogP contribution in [0, 0.1) is 12.7 Å². The Morgan fingerprint density at radius 2 is 2.10 bits per heavy atom. The zero-order valence-electron chi connectivity index (χ0n) is 10.9. The summed E-state index contributed by atoms with van der Waals surface area (Å²) in [4.78, 5) is 3.83. The van der Waals surface area contributed by atoms with Crippen LogP contribution >= 0.6 is 0 Å². The average molecular weight is 271 g/mol. The molecule has 0 saturated carbocycles. The summed E-state index contributed by atoms with van der Waals surface area (Å²) in [5.74, 6) is 5.80. The Labute approximate surface area is 115 Å². The van der Waals surface area contributed by atoms with E-state index in [-0.39, 0.29) is 0 Å². The van der Waals surface area contributed by atoms with Crippen molar-refractivity contribution < 1.29 is 8.81 Å². The van der Waals surface area contributed by atoms with Crippen LogP contribution in [0.4, 0.5) is 4.39 Å². The molecule has 1 aromatic carbocycles. The van der Waals surface area contributed by atoms with Crippen molar-refractivity contribution in [2.24, 2.45) is 5.84 Å². The van der Waals surface area contributed by atoms with Gasteiger partial charge < -0.3 is 4.42 Å². The molecule has 0 fully saturated rings. The normalized spacial score (nSPS) is 12.8. The summed E-state index contributed by atoms with van der Waals surface area (Å²) in [7, 11) is 0. The molecule has 20 heavy (non-hydrogen) atoms. The van der Waals surface area contributed by atoms with Crippen molar-refractivity contribution in [2.75, 3.05) is 0 Å². The Bertz CT molecular complexity index is 754. The number of hydrazine groups is 1. The predicted octanol–water partition coefficient (Wildman–Crippen LogP) is 2.83. The summed E-state index contributed by atoms with van der Waals surface area (Å²) in [6.45, 7) is 2.02. The maximum absolute atomic E-state index is 13.3. The van der Waals surface area contributed by atoms with Gasteiger partial charge in [-0.25, -0.2) is 9.82 Å². The van der Waals surface area contributed by atoms with Gasteiger partial charge in [0.2, 0.25) is 0 Å². The van der Waals surface area contributed by atoms with Crippen LogP contribution in [0.3, 0.4) is 0 Å². The Kier molecular flexibility index (Phi) is 3.22. The quantitative estimate of drug-likeness (QED) is 0.568. The minimum absolute atomic E-state index is 0.408. The van der Waals surface area contributed by atoms with Gasteiger partial charge in [-0.1, -0.05) is 11.6 Å². The third-order valence-electron chi connectivity index (χ3n) is 3.20. The van der Waals surface area contributed by atoms with Crippen LogP contribution in [0.5, 0.6) is 0 Å². The molecule has 0 bridgehead atoms. The van der Waals surface area contributed by atoms with E-state index in [0.29, 0.717) is 11.3 Å². The van der Waals surface area contributed by atoms with Gasteiger partial charge >= 0.3 is 0 Å². The van der Waals surface area contributed by atoms with Crippen molar-refractivity contribution >= 4 is 11.0 Å². The molecule has 0 aliphatic heterocycles. The third kappa shape index (κ3) is 2.29. The van der Waals surface area contributed by atoms with Crippen molar-refractivity contribution in [1.82, 2.24) is 10.4 Å². The van der Waals surface area contributed by atoms with Crippen LogP contribution in [-0.4, -0.2) is 4.98 Å². The van der Waals surface area contributed by atoms with E-state index in [4.69, 9.17) is 10.3 Å². The highest BCUT2D eigenvalue weighted by Crippen LogP contribution is 2.28. The second-order valence-corrected chi connectivity index (χ2v) is 4.73. The second kappa shape index (κ2) is 5.03. The number of aryl methyl sites for hydroxylation is 1. The largest absolute Gasteiger partial charge is 0.459 e. The molecule has 4 nitrogen and oxygen atoms in total. The molecule has 0 aliphatic carbocycles. The maximum Gasteiger partial charge on any atom is 0.141 e. The number of furan rings is 1. The Hall–Kier alpha value is -2.24. The van der Waals surface area contributed by atoms with Gasteiger partial charge in [0.05, 0.1) is 6.20 Å². The zero-order chi connectivity index (χ0) is 14.1. The number of benzene rings is 1. The number of aromatic nitrogens is 1. The average Bonchev–Trinajstić information content (AvgIpc) is 2.82. The van der Waals surface area contributed by atoms with Crippen LogP contribution < -0.4 is 11.3 Å². The van der Waals surface area contributed by atoms with Gasteiger partial charge in [0.25, 0.3) is 0 Å². The van der Waals surface area contributed by atoms with E-state index in [0.717, 1.165) is 22.7 Å². The van der Waals surface area contributed by atoms with E-state index in [1.165, 1.54) is 6.07 Å². The van der Waals surface area contributed by atoms with E-state index in [1.807, 2.05) is 31.2 Å². The fourth-order valence-electron chi connectivity index (χ4n) is 2.25. The first-order valence-corrected chi connectivity index (χ1v) is 6.24. The molecule has 0 aliphatic rings. The Balaban J connectivity index is 2.07. The number of nitrogens with two attached hydrogens (primary N) is 1. The standard InChI is InChI=1S/C15H14FN3O/c1-9-2-3-13-10(4-9)6-14(20-13)15(19-17)11-5-12(16)8-18-7-11/h2-8,15,19H,17H2,1H3. The predicted molar refractivity (Wildman–Crippen MR) is 74.3 cm³/mol. The summed E-state index contributed by atoms with van der Waals surface area (Å²) in [5.41, 5.74) is 5.17. The van der Waals surface area contributed by atoms with Gasteiger partial charge in [0.15, 0.2) is 0 Å². The van der Waals surface area contributed by atoms with E-state index in [9.17, 15) is 4.39 Å². The molecule has 0 spiro atoms. The smallest absolute Gasteiger partial charge is 0.141 e. The first-order chi connectivity index (χ1) is 9.67. The Morgan fingerprint density at radius 3 is 2.85 bits per heavy atom. The molecular weight excluding hydrogens is 257 g/mol. The molecule has 3 aromatic rings. The number of hydrogen-bond donors (Lipinski definition) is 2. The molecule has 3 rings (SSSR count). The maximum atomic E-state index is 13.3. The van der Waals surface area contributed by atoms with Crippen LogP contribution in [-0.2, 0) is 0 Å². The van der Waals surface area contributed by atoms with Gasteiger partial charge in [0.1, 0.15) is 23.2 Å². The van der Waals surface area contributed by atoms with Crippen molar-refractivity contribution in [1.29, 1.82) is 0 Å². The molecular formula is C15H14FN3O. The fraction of sp³-hybridized carbons (Fsp3) is 0.133. The minimum Gasteiger partial charge on any atom is -0.459 e. The van der Waals surface area contributed by atoms with Crippen LogP contribution in [0.1, 0.15) is 22.9 Å². The van der Waals surface area contributed by atoms with E-state index in [2.05, 4.69) is 10.4 Å². The van der Waals surface area contributed by atoms with E-state index >= 15 is 0 Å². The minimum atomic E-state index is -0.439. The van der Waals surface area contributed by atoms with Crippen LogP contribution in [0.2, 0.25) is 0 Å². The lowest BCUT2D eigenvalue weighted by Crippen LogP contribution is -2.28. The lowest BCUT2D eigenvalue weighted by molar-refractivity contribution is 0.474. The van der Waals surface area contributed by atoms with Crippen molar-refractivity contribution in [3.8, 4) is 0 Å². The molecule has 0 amide bonds. The molecule has 1 atom stereocenters. The molecule has 1 unspecified atom stereocenters. The lowest BCUT2D eigenvalue weighted by atomic mass is 10.1. The lowest BCUT2D eigenvalue weighted by Gasteiger charge is -2.12. The molecule has 2 aromatic heterocycles. The molecule has 102 valence electrons. The molecule has 0 saturated heterocycles. The zero-order valence-corrected chi connectivity index (χ0v) is 10.9.